The first-order chi connectivity index (χ1) is 10.1. The molecule has 112 valence electrons. The Hall–Kier alpha value is -2.22. The molecule has 0 radical (unpaired) electrons. The number of aliphatic hydroxyl groups is 3. The normalized spacial score (nSPS) is 11.4. The number of anilines is 2. The van der Waals surface area contributed by atoms with Crippen LogP contribution in [0.3, 0.4) is 0 Å². The van der Waals surface area contributed by atoms with Crippen LogP contribution in [0.2, 0.25) is 0 Å². The van der Waals surface area contributed by atoms with Gasteiger partial charge in [0, 0.05) is 11.6 Å². The molecule has 1 aromatic carbocycles. The number of aromatic nitrogens is 2. The maximum absolute atomic E-state index is 9.34. The summed E-state index contributed by atoms with van der Waals surface area (Å²) in [5, 5.41) is 30.8. The van der Waals surface area contributed by atoms with Gasteiger partial charge in [0.05, 0.1) is 19.8 Å². The molecule has 7 nitrogen and oxygen atoms in total. The molecule has 0 bridgehead atoms. The van der Waals surface area contributed by atoms with Crippen molar-refractivity contribution in [2.75, 3.05) is 30.9 Å². The molecule has 0 aliphatic carbocycles. The van der Waals surface area contributed by atoms with Crippen molar-refractivity contribution in [2.45, 2.75) is 5.54 Å². The number of nitrogen functional groups attached to an aromatic ring is 1. The Balaban J connectivity index is 2.36. The van der Waals surface area contributed by atoms with Gasteiger partial charge in [-0.25, -0.2) is 9.97 Å². The second-order valence-corrected chi connectivity index (χ2v) is 4.75. The zero-order valence-electron chi connectivity index (χ0n) is 11.4. The highest BCUT2D eigenvalue weighted by Gasteiger charge is 2.28. The third-order valence-corrected chi connectivity index (χ3v) is 3.08. The minimum atomic E-state index is -1.27. The highest BCUT2D eigenvalue weighted by Crippen LogP contribution is 2.20. The van der Waals surface area contributed by atoms with E-state index in [0.717, 1.165) is 5.56 Å². The first-order valence-corrected chi connectivity index (χ1v) is 6.43. The van der Waals surface area contributed by atoms with Crippen molar-refractivity contribution in [1.29, 1.82) is 0 Å². The van der Waals surface area contributed by atoms with Crippen LogP contribution in [0.15, 0.2) is 36.4 Å². The van der Waals surface area contributed by atoms with Gasteiger partial charge in [-0.15, -0.1) is 0 Å². The highest BCUT2D eigenvalue weighted by molar-refractivity contribution is 5.60. The smallest absolute Gasteiger partial charge is 0.163 e. The van der Waals surface area contributed by atoms with Crippen molar-refractivity contribution >= 4 is 11.6 Å². The van der Waals surface area contributed by atoms with Crippen LogP contribution >= 0.6 is 0 Å². The van der Waals surface area contributed by atoms with Gasteiger partial charge < -0.3 is 26.4 Å². The van der Waals surface area contributed by atoms with Crippen molar-refractivity contribution in [1.82, 2.24) is 9.97 Å². The molecule has 0 saturated heterocycles. The standard InChI is InChI=1S/C14H18N4O3/c15-11-6-12(18-14(7-19,8-20)9-21)17-13(16-11)10-4-2-1-3-5-10/h1-6,19-21H,7-9H2,(H3,15,16,17,18). The molecule has 1 aromatic heterocycles. The Morgan fingerprint density at radius 1 is 1.00 bits per heavy atom. The van der Waals surface area contributed by atoms with Crippen molar-refractivity contribution in [2.24, 2.45) is 0 Å². The average molecular weight is 290 g/mol. The number of nitrogens with zero attached hydrogens (tertiary/aromatic N) is 2. The summed E-state index contributed by atoms with van der Waals surface area (Å²) in [5.74, 6) is 0.980. The second-order valence-electron chi connectivity index (χ2n) is 4.75. The Labute approximate surface area is 122 Å². The van der Waals surface area contributed by atoms with E-state index in [1.165, 1.54) is 6.07 Å². The third kappa shape index (κ3) is 3.46. The average Bonchev–Trinajstić information content (AvgIpc) is 2.53. The Bertz CT molecular complexity index is 580. The van der Waals surface area contributed by atoms with E-state index in [2.05, 4.69) is 15.3 Å². The number of hydrogen-bond donors (Lipinski definition) is 5. The summed E-state index contributed by atoms with van der Waals surface area (Å²) >= 11 is 0. The van der Waals surface area contributed by atoms with Crippen LogP contribution in [0.1, 0.15) is 0 Å². The molecule has 0 aliphatic heterocycles. The van der Waals surface area contributed by atoms with Crippen LogP contribution in [0.25, 0.3) is 11.4 Å². The van der Waals surface area contributed by atoms with Gasteiger partial charge in [0.2, 0.25) is 0 Å². The zero-order valence-corrected chi connectivity index (χ0v) is 11.4. The van der Waals surface area contributed by atoms with E-state index in [1.54, 1.807) is 0 Å². The predicted octanol–water partition coefficient (Wildman–Crippen LogP) is -0.147. The van der Waals surface area contributed by atoms with Crippen molar-refractivity contribution in [3.05, 3.63) is 36.4 Å². The van der Waals surface area contributed by atoms with E-state index in [9.17, 15) is 15.3 Å². The molecular formula is C14H18N4O3. The van der Waals surface area contributed by atoms with Crippen LogP contribution in [0, 0.1) is 0 Å². The van der Waals surface area contributed by atoms with Gasteiger partial charge in [0.15, 0.2) is 5.82 Å². The molecule has 2 aromatic rings. The first-order valence-electron chi connectivity index (χ1n) is 6.43. The summed E-state index contributed by atoms with van der Waals surface area (Å²) in [6.45, 7) is -1.36. The number of nitrogens with two attached hydrogens (primary N) is 1. The number of nitrogens with one attached hydrogen (secondary N) is 1. The quantitative estimate of drug-likeness (QED) is 0.501. The Morgan fingerprint density at radius 3 is 2.19 bits per heavy atom. The van der Waals surface area contributed by atoms with E-state index >= 15 is 0 Å². The molecule has 2 rings (SSSR count). The fraction of sp³-hybridized carbons (Fsp3) is 0.286. The van der Waals surface area contributed by atoms with E-state index in [1.807, 2.05) is 30.3 Å². The summed E-state index contributed by atoms with van der Waals surface area (Å²) in [4.78, 5) is 8.45. The minimum Gasteiger partial charge on any atom is -0.394 e. The van der Waals surface area contributed by atoms with E-state index in [0.29, 0.717) is 11.6 Å². The van der Waals surface area contributed by atoms with Crippen LogP contribution in [0.5, 0.6) is 0 Å². The number of hydrogen-bond acceptors (Lipinski definition) is 7. The molecular weight excluding hydrogens is 272 g/mol. The SMILES string of the molecule is Nc1cc(NC(CO)(CO)CO)nc(-c2ccccc2)n1. The summed E-state index contributed by atoms with van der Waals surface area (Å²) in [6.07, 6.45) is 0. The molecule has 0 fully saturated rings. The topological polar surface area (TPSA) is 125 Å². The van der Waals surface area contributed by atoms with Crippen LogP contribution < -0.4 is 11.1 Å². The van der Waals surface area contributed by atoms with Gasteiger partial charge in [-0.3, -0.25) is 0 Å². The fourth-order valence-electron chi connectivity index (χ4n) is 1.79. The lowest BCUT2D eigenvalue weighted by Crippen LogP contribution is -2.49. The van der Waals surface area contributed by atoms with Gasteiger partial charge in [0.1, 0.15) is 17.2 Å². The third-order valence-electron chi connectivity index (χ3n) is 3.08. The van der Waals surface area contributed by atoms with Gasteiger partial charge in [0.25, 0.3) is 0 Å². The Morgan fingerprint density at radius 2 is 1.62 bits per heavy atom. The van der Waals surface area contributed by atoms with Crippen molar-refractivity contribution in [3.63, 3.8) is 0 Å². The number of rotatable bonds is 6. The van der Waals surface area contributed by atoms with Gasteiger partial charge in [-0.1, -0.05) is 30.3 Å². The monoisotopic (exact) mass is 290 g/mol. The lowest BCUT2D eigenvalue weighted by Gasteiger charge is -2.29. The zero-order chi connectivity index (χ0) is 15.3. The summed E-state index contributed by atoms with van der Waals surface area (Å²) in [5.41, 5.74) is 5.28. The lowest BCUT2D eigenvalue weighted by atomic mass is 10.0. The van der Waals surface area contributed by atoms with Crippen LogP contribution in [0.4, 0.5) is 11.6 Å². The molecule has 0 aliphatic rings. The molecule has 1 heterocycles. The van der Waals surface area contributed by atoms with Crippen LogP contribution in [-0.4, -0.2) is 50.6 Å². The summed E-state index contributed by atoms with van der Waals surface area (Å²) in [6, 6.07) is 10.8. The predicted molar refractivity (Wildman–Crippen MR) is 79.5 cm³/mol. The first kappa shape index (κ1) is 15.2. The highest BCUT2D eigenvalue weighted by atomic mass is 16.3. The molecule has 0 amide bonds. The summed E-state index contributed by atoms with van der Waals surface area (Å²) < 4.78 is 0. The molecule has 7 heteroatoms. The van der Waals surface area contributed by atoms with Crippen LogP contribution in [-0.2, 0) is 0 Å². The van der Waals surface area contributed by atoms with Gasteiger partial charge in [-0.05, 0) is 0 Å². The van der Waals surface area contributed by atoms with Gasteiger partial charge in [-0.2, -0.15) is 0 Å². The maximum Gasteiger partial charge on any atom is 0.163 e. The maximum atomic E-state index is 9.34. The molecule has 0 atom stereocenters. The largest absolute Gasteiger partial charge is 0.394 e. The number of benzene rings is 1. The molecule has 0 saturated carbocycles. The minimum absolute atomic E-state index is 0.245. The molecule has 21 heavy (non-hydrogen) atoms. The van der Waals surface area contributed by atoms with E-state index in [4.69, 9.17) is 5.73 Å². The number of aliphatic hydroxyl groups excluding tert-OH is 3. The molecule has 0 spiro atoms. The summed E-state index contributed by atoms with van der Waals surface area (Å²) in [7, 11) is 0. The van der Waals surface area contributed by atoms with Gasteiger partial charge >= 0.3 is 0 Å². The Kier molecular flexibility index (Phi) is 4.69. The van der Waals surface area contributed by atoms with E-state index < -0.39 is 25.4 Å². The second kappa shape index (κ2) is 6.49. The molecule has 6 N–H and O–H groups in total. The van der Waals surface area contributed by atoms with E-state index in [-0.39, 0.29) is 5.82 Å². The molecule has 0 unspecified atom stereocenters. The van der Waals surface area contributed by atoms with Crippen molar-refractivity contribution in [3.8, 4) is 11.4 Å². The lowest BCUT2D eigenvalue weighted by molar-refractivity contribution is 0.0831. The van der Waals surface area contributed by atoms with Crippen molar-refractivity contribution < 1.29 is 15.3 Å². The fourth-order valence-corrected chi connectivity index (χ4v) is 1.79.